The van der Waals surface area contributed by atoms with Gasteiger partial charge in [-0.05, 0) is 24.4 Å². The number of rotatable bonds is 6. The Morgan fingerprint density at radius 3 is 3.19 bits per heavy atom. The minimum Gasteiger partial charge on any atom is -0.345 e. The summed E-state index contributed by atoms with van der Waals surface area (Å²) in [5, 5.41) is 5.45. The van der Waals surface area contributed by atoms with Crippen molar-refractivity contribution in [2.24, 2.45) is 0 Å². The van der Waals surface area contributed by atoms with Gasteiger partial charge in [0.2, 0.25) is 0 Å². The summed E-state index contributed by atoms with van der Waals surface area (Å²) in [7, 11) is 0. The maximum Gasteiger partial charge on any atom is 0.111 e. The van der Waals surface area contributed by atoms with Gasteiger partial charge < -0.3 is 10.3 Å². The highest BCUT2D eigenvalue weighted by Gasteiger charge is 2.02. The van der Waals surface area contributed by atoms with Gasteiger partial charge in [-0.15, -0.1) is 11.3 Å². The fourth-order valence-corrected chi connectivity index (χ4v) is 2.27. The van der Waals surface area contributed by atoms with E-state index in [1.165, 1.54) is 10.6 Å². The van der Waals surface area contributed by atoms with Crippen molar-refractivity contribution in [2.75, 3.05) is 6.54 Å². The smallest absolute Gasteiger partial charge is 0.111 e. The number of imidazole rings is 1. The number of aromatic amines is 1. The largest absolute Gasteiger partial charge is 0.345 e. The quantitative estimate of drug-likeness (QED) is 0.755. The van der Waals surface area contributed by atoms with E-state index in [4.69, 9.17) is 0 Å². The van der Waals surface area contributed by atoms with Gasteiger partial charge in [0.1, 0.15) is 5.82 Å². The molecule has 3 nitrogen and oxygen atoms in total. The molecule has 0 unspecified atom stereocenters. The molecule has 2 rings (SSSR count). The first kappa shape index (κ1) is 11.4. The van der Waals surface area contributed by atoms with Crippen LogP contribution in [0, 0.1) is 0 Å². The normalized spacial score (nSPS) is 10.8. The summed E-state index contributed by atoms with van der Waals surface area (Å²) < 4.78 is 0. The Labute approximate surface area is 99.9 Å². The molecule has 16 heavy (non-hydrogen) atoms. The topological polar surface area (TPSA) is 40.7 Å². The van der Waals surface area contributed by atoms with E-state index in [0.717, 1.165) is 31.8 Å². The van der Waals surface area contributed by atoms with Crippen LogP contribution in [0.2, 0.25) is 0 Å². The van der Waals surface area contributed by atoms with Gasteiger partial charge in [0.05, 0.1) is 0 Å². The zero-order valence-electron chi connectivity index (χ0n) is 9.49. The van der Waals surface area contributed by atoms with Crippen molar-refractivity contribution in [3.63, 3.8) is 0 Å². The summed E-state index contributed by atoms with van der Waals surface area (Å²) in [4.78, 5) is 9.07. The van der Waals surface area contributed by atoms with Crippen LogP contribution in [0.1, 0.15) is 29.7 Å². The van der Waals surface area contributed by atoms with Gasteiger partial charge >= 0.3 is 0 Å². The zero-order valence-corrected chi connectivity index (χ0v) is 10.3. The standard InChI is InChI=1S/C12H17N3S/c1-2-5-13-8-10-9-14-12(15-10)7-11-4-3-6-16-11/h3-4,6,9,13H,2,5,7-8H2,1H3,(H,14,15). The van der Waals surface area contributed by atoms with Gasteiger partial charge in [-0.25, -0.2) is 4.98 Å². The monoisotopic (exact) mass is 235 g/mol. The van der Waals surface area contributed by atoms with Crippen molar-refractivity contribution in [2.45, 2.75) is 26.3 Å². The second-order valence-electron chi connectivity index (χ2n) is 3.79. The molecule has 0 aliphatic rings. The van der Waals surface area contributed by atoms with E-state index in [-0.39, 0.29) is 0 Å². The highest BCUT2D eigenvalue weighted by molar-refractivity contribution is 7.09. The first-order valence-electron chi connectivity index (χ1n) is 5.64. The van der Waals surface area contributed by atoms with Crippen LogP contribution in [-0.2, 0) is 13.0 Å². The van der Waals surface area contributed by atoms with Gasteiger partial charge in [0.25, 0.3) is 0 Å². The van der Waals surface area contributed by atoms with E-state index in [1.807, 2.05) is 6.20 Å². The molecule has 2 aromatic heterocycles. The van der Waals surface area contributed by atoms with Crippen LogP contribution in [0.15, 0.2) is 23.7 Å². The van der Waals surface area contributed by atoms with Crippen molar-refractivity contribution in [1.82, 2.24) is 15.3 Å². The number of aromatic nitrogens is 2. The van der Waals surface area contributed by atoms with Crippen LogP contribution in [-0.4, -0.2) is 16.5 Å². The lowest BCUT2D eigenvalue weighted by molar-refractivity contribution is 0.665. The third-order valence-corrected chi connectivity index (χ3v) is 3.22. The Hall–Kier alpha value is -1.13. The number of nitrogens with zero attached hydrogens (tertiary/aromatic N) is 1. The van der Waals surface area contributed by atoms with Gasteiger partial charge in [-0.1, -0.05) is 13.0 Å². The van der Waals surface area contributed by atoms with Gasteiger partial charge in [0.15, 0.2) is 0 Å². The lowest BCUT2D eigenvalue weighted by atomic mass is 10.3. The molecule has 2 heterocycles. The van der Waals surface area contributed by atoms with E-state index in [1.54, 1.807) is 11.3 Å². The maximum absolute atomic E-state index is 4.38. The van der Waals surface area contributed by atoms with E-state index < -0.39 is 0 Å². The predicted molar refractivity (Wildman–Crippen MR) is 67.7 cm³/mol. The summed E-state index contributed by atoms with van der Waals surface area (Å²) in [5.41, 5.74) is 1.17. The summed E-state index contributed by atoms with van der Waals surface area (Å²) >= 11 is 1.77. The molecule has 0 bridgehead atoms. The molecule has 0 aliphatic heterocycles. The highest BCUT2D eigenvalue weighted by Crippen LogP contribution is 2.12. The molecule has 86 valence electrons. The third kappa shape index (κ3) is 3.18. The molecule has 4 heteroatoms. The second kappa shape index (κ2) is 5.82. The van der Waals surface area contributed by atoms with Crippen molar-refractivity contribution >= 4 is 11.3 Å². The van der Waals surface area contributed by atoms with Gasteiger partial charge in [-0.3, -0.25) is 0 Å². The molecule has 0 fully saturated rings. The molecular formula is C12H17N3S. The summed E-state index contributed by atoms with van der Waals surface area (Å²) in [6.45, 7) is 4.10. The number of hydrogen-bond acceptors (Lipinski definition) is 3. The SMILES string of the molecule is CCCNCc1cnc(Cc2cccs2)[nH]1. The fourth-order valence-electron chi connectivity index (χ4n) is 1.56. The molecule has 2 N–H and O–H groups in total. The van der Waals surface area contributed by atoms with Crippen LogP contribution < -0.4 is 5.32 Å². The minimum atomic E-state index is 0.880. The molecule has 0 atom stereocenters. The molecule has 0 aromatic carbocycles. The number of hydrogen-bond donors (Lipinski definition) is 2. The average Bonchev–Trinajstić information content (AvgIpc) is 2.91. The molecule has 0 radical (unpaired) electrons. The first-order valence-corrected chi connectivity index (χ1v) is 6.52. The Kier molecular flexibility index (Phi) is 4.13. The molecular weight excluding hydrogens is 218 g/mol. The van der Waals surface area contributed by atoms with Crippen molar-refractivity contribution < 1.29 is 0 Å². The molecule has 2 aromatic rings. The summed E-state index contributed by atoms with van der Waals surface area (Å²) in [6, 6.07) is 4.22. The van der Waals surface area contributed by atoms with Crippen molar-refractivity contribution in [3.8, 4) is 0 Å². The maximum atomic E-state index is 4.38. The van der Waals surface area contributed by atoms with E-state index in [9.17, 15) is 0 Å². The summed E-state index contributed by atoms with van der Waals surface area (Å²) in [6.07, 6.45) is 3.99. The number of thiophene rings is 1. The summed E-state index contributed by atoms with van der Waals surface area (Å²) in [5.74, 6) is 1.05. The first-order chi connectivity index (χ1) is 7.88. The predicted octanol–water partition coefficient (Wildman–Crippen LogP) is 2.56. The fraction of sp³-hybridized carbons (Fsp3) is 0.417. The molecule has 0 spiro atoms. The van der Waals surface area contributed by atoms with Gasteiger partial charge in [-0.2, -0.15) is 0 Å². The molecule has 0 amide bonds. The lowest BCUT2D eigenvalue weighted by Gasteiger charge is -1.99. The van der Waals surface area contributed by atoms with Crippen LogP contribution in [0.3, 0.4) is 0 Å². The second-order valence-corrected chi connectivity index (χ2v) is 4.82. The van der Waals surface area contributed by atoms with Crippen LogP contribution in [0.5, 0.6) is 0 Å². The lowest BCUT2D eigenvalue weighted by Crippen LogP contribution is -2.13. The molecule has 0 aliphatic carbocycles. The number of H-pyrrole nitrogens is 1. The van der Waals surface area contributed by atoms with E-state index in [0.29, 0.717) is 0 Å². The van der Waals surface area contributed by atoms with Crippen LogP contribution in [0.25, 0.3) is 0 Å². The number of nitrogens with one attached hydrogen (secondary N) is 2. The van der Waals surface area contributed by atoms with Crippen LogP contribution >= 0.6 is 11.3 Å². The Bertz CT molecular complexity index is 406. The zero-order chi connectivity index (χ0) is 11.2. The van der Waals surface area contributed by atoms with Crippen molar-refractivity contribution in [1.29, 1.82) is 0 Å². The Morgan fingerprint density at radius 2 is 2.44 bits per heavy atom. The Balaban J connectivity index is 1.87. The van der Waals surface area contributed by atoms with Crippen molar-refractivity contribution in [3.05, 3.63) is 40.1 Å². The van der Waals surface area contributed by atoms with Crippen LogP contribution in [0.4, 0.5) is 0 Å². The van der Waals surface area contributed by atoms with Gasteiger partial charge in [0, 0.05) is 29.7 Å². The third-order valence-electron chi connectivity index (χ3n) is 2.35. The Morgan fingerprint density at radius 1 is 1.50 bits per heavy atom. The minimum absolute atomic E-state index is 0.880. The highest BCUT2D eigenvalue weighted by atomic mass is 32.1. The average molecular weight is 235 g/mol. The molecule has 0 saturated carbocycles. The van der Waals surface area contributed by atoms with E-state index in [2.05, 4.69) is 39.7 Å². The van der Waals surface area contributed by atoms with E-state index >= 15 is 0 Å². The molecule has 0 saturated heterocycles.